The predicted molar refractivity (Wildman–Crippen MR) is 82.6 cm³/mol. The van der Waals surface area contributed by atoms with E-state index in [1.54, 1.807) is 0 Å². The molecule has 2 N–H and O–H groups in total. The van der Waals surface area contributed by atoms with Crippen molar-refractivity contribution in [3.05, 3.63) is 59.4 Å². The van der Waals surface area contributed by atoms with Gasteiger partial charge in [0.15, 0.2) is 0 Å². The second-order valence-corrected chi connectivity index (χ2v) is 5.27. The Labute approximate surface area is 121 Å². The normalized spacial score (nSPS) is 12.6. The Morgan fingerprint density at radius 2 is 1.85 bits per heavy atom. The summed E-state index contributed by atoms with van der Waals surface area (Å²) in [6.07, 6.45) is 5.48. The molecule has 0 aliphatic rings. The molecule has 1 unspecified atom stereocenters. The van der Waals surface area contributed by atoms with Crippen molar-refractivity contribution >= 4 is 0 Å². The number of benzene rings is 1. The van der Waals surface area contributed by atoms with Gasteiger partial charge in [0.2, 0.25) is 0 Å². The molecule has 0 saturated heterocycles. The predicted octanol–water partition coefficient (Wildman–Crippen LogP) is 3.09. The highest BCUT2D eigenvalue weighted by Gasteiger charge is 2.06. The Morgan fingerprint density at radius 3 is 2.50 bits per heavy atom. The highest BCUT2D eigenvalue weighted by Crippen LogP contribution is 2.14. The Morgan fingerprint density at radius 1 is 1.15 bits per heavy atom. The minimum absolute atomic E-state index is 0.106. The Kier molecular flexibility index (Phi) is 5.39. The largest absolute Gasteiger partial charge is 0.392 e. The van der Waals surface area contributed by atoms with Crippen molar-refractivity contribution in [2.75, 3.05) is 6.54 Å². The summed E-state index contributed by atoms with van der Waals surface area (Å²) < 4.78 is 2.20. The molecule has 0 radical (unpaired) electrons. The van der Waals surface area contributed by atoms with Gasteiger partial charge in [-0.2, -0.15) is 0 Å². The van der Waals surface area contributed by atoms with Gasteiger partial charge in [-0.3, -0.25) is 0 Å². The molecule has 1 aromatic carbocycles. The van der Waals surface area contributed by atoms with Gasteiger partial charge < -0.3 is 15.0 Å². The standard InChI is InChI=1S/C17H24N2O/c1-3-9-18-14(2)17-8-10-19(12-17)11-15-4-6-16(13-20)7-5-15/h4-8,10,12,14,18,20H,3,9,11,13H2,1-2H3. The molecule has 20 heavy (non-hydrogen) atoms. The van der Waals surface area contributed by atoms with Crippen LogP contribution >= 0.6 is 0 Å². The SMILES string of the molecule is CCCNC(C)c1ccn(Cc2ccc(CO)cc2)c1. The molecule has 3 heteroatoms. The zero-order chi connectivity index (χ0) is 14.4. The fourth-order valence-corrected chi connectivity index (χ4v) is 2.25. The summed E-state index contributed by atoms with van der Waals surface area (Å²) in [6.45, 7) is 6.40. The van der Waals surface area contributed by atoms with Crippen LogP contribution in [0.1, 0.15) is 43.0 Å². The highest BCUT2D eigenvalue weighted by atomic mass is 16.3. The monoisotopic (exact) mass is 272 g/mol. The van der Waals surface area contributed by atoms with Gasteiger partial charge in [0, 0.05) is 25.0 Å². The lowest BCUT2D eigenvalue weighted by atomic mass is 10.1. The number of rotatable bonds is 7. The van der Waals surface area contributed by atoms with Crippen molar-refractivity contribution in [1.82, 2.24) is 9.88 Å². The van der Waals surface area contributed by atoms with Crippen molar-refractivity contribution < 1.29 is 5.11 Å². The molecule has 2 aromatic rings. The number of hydrogen-bond donors (Lipinski definition) is 2. The average molecular weight is 272 g/mol. The van der Waals surface area contributed by atoms with Gasteiger partial charge in [-0.25, -0.2) is 0 Å². The van der Waals surface area contributed by atoms with E-state index in [0.29, 0.717) is 6.04 Å². The molecule has 0 fully saturated rings. The van der Waals surface area contributed by atoms with Crippen LogP contribution in [0.5, 0.6) is 0 Å². The van der Waals surface area contributed by atoms with Crippen LogP contribution in [-0.4, -0.2) is 16.2 Å². The Bertz CT molecular complexity index is 516. The number of nitrogens with one attached hydrogen (secondary N) is 1. The molecule has 0 bridgehead atoms. The van der Waals surface area contributed by atoms with Gasteiger partial charge in [-0.05, 0) is 42.6 Å². The molecule has 0 aliphatic carbocycles. The number of hydrogen-bond acceptors (Lipinski definition) is 2. The van der Waals surface area contributed by atoms with Gasteiger partial charge in [0.25, 0.3) is 0 Å². The molecule has 3 nitrogen and oxygen atoms in total. The topological polar surface area (TPSA) is 37.2 Å². The molecule has 0 spiro atoms. The maximum absolute atomic E-state index is 9.04. The molecule has 108 valence electrons. The lowest BCUT2D eigenvalue weighted by Crippen LogP contribution is -2.18. The molecule has 0 saturated carbocycles. The summed E-state index contributed by atoms with van der Waals surface area (Å²) in [5.74, 6) is 0. The fourth-order valence-electron chi connectivity index (χ4n) is 2.25. The van der Waals surface area contributed by atoms with E-state index < -0.39 is 0 Å². The zero-order valence-corrected chi connectivity index (χ0v) is 12.3. The smallest absolute Gasteiger partial charge is 0.0681 e. The van der Waals surface area contributed by atoms with Gasteiger partial charge >= 0.3 is 0 Å². The maximum Gasteiger partial charge on any atom is 0.0681 e. The molecule has 1 heterocycles. The molecular weight excluding hydrogens is 248 g/mol. The first-order valence-electron chi connectivity index (χ1n) is 7.30. The van der Waals surface area contributed by atoms with Crippen LogP contribution in [0, 0.1) is 0 Å². The maximum atomic E-state index is 9.04. The summed E-state index contributed by atoms with van der Waals surface area (Å²) in [4.78, 5) is 0. The lowest BCUT2D eigenvalue weighted by molar-refractivity contribution is 0.282. The first kappa shape index (κ1) is 14.8. The van der Waals surface area contributed by atoms with E-state index in [2.05, 4.69) is 54.3 Å². The molecular formula is C17H24N2O. The van der Waals surface area contributed by atoms with E-state index in [9.17, 15) is 0 Å². The van der Waals surface area contributed by atoms with Gasteiger partial charge in [0.1, 0.15) is 0 Å². The molecule has 1 atom stereocenters. The van der Waals surface area contributed by atoms with E-state index in [1.807, 2.05) is 12.1 Å². The van der Waals surface area contributed by atoms with Crippen LogP contribution in [-0.2, 0) is 13.2 Å². The van der Waals surface area contributed by atoms with E-state index in [4.69, 9.17) is 5.11 Å². The first-order chi connectivity index (χ1) is 9.72. The zero-order valence-electron chi connectivity index (χ0n) is 12.3. The third-order valence-corrected chi connectivity index (χ3v) is 3.54. The summed E-state index contributed by atoms with van der Waals surface area (Å²) in [5, 5.41) is 12.5. The minimum atomic E-state index is 0.106. The van der Waals surface area contributed by atoms with Crippen LogP contribution in [0.25, 0.3) is 0 Å². The van der Waals surface area contributed by atoms with E-state index in [1.165, 1.54) is 11.1 Å². The van der Waals surface area contributed by atoms with Crippen LogP contribution < -0.4 is 5.32 Å². The molecule has 2 rings (SSSR count). The number of aliphatic hydroxyl groups excluding tert-OH is 1. The minimum Gasteiger partial charge on any atom is -0.392 e. The number of aliphatic hydroxyl groups is 1. The van der Waals surface area contributed by atoms with E-state index in [-0.39, 0.29) is 6.61 Å². The Balaban J connectivity index is 1.97. The molecule has 0 aliphatic heterocycles. The Hall–Kier alpha value is -1.58. The van der Waals surface area contributed by atoms with Crippen molar-refractivity contribution in [3.8, 4) is 0 Å². The quantitative estimate of drug-likeness (QED) is 0.812. The van der Waals surface area contributed by atoms with Crippen molar-refractivity contribution in [3.63, 3.8) is 0 Å². The highest BCUT2D eigenvalue weighted by molar-refractivity contribution is 5.23. The van der Waals surface area contributed by atoms with Crippen LogP contribution in [0.3, 0.4) is 0 Å². The summed E-state index contributed by atoms with van der Waals surface area (Å²) in [6, 6.07) is 10.7. The molecule has 1 aromatic heterocycles. The van der Waals surface area contributed by atoms with Crippen LogP contribution in [0.15, 0.2) is 42.7 Å². The number of nitrogens with zero attached hydrogens (tertiary/aromatic N) is 1. The van der Waals surface area contributed by atoms with Crippen molar-refractivity contribution in [2.45, 2.75) is 39.5 Å². The van der Waals surface area contributed by atoms with Crippen LogP contribution in [0.4, 0.5) is 0 Å². The van der Waals surface area contributed by atoms with Gasteiger partial charge in [0.05, 0.1) is 6.61 Å². The summed E-state index contributed by atoms with van der Waals surface area (Å²) in [7, 11) is 0. The number of aromatic nitrogens is 1. The third kappa shape index (κ3) is 3.95. The fraction of sp³-hybridized carbons (Fsp3) is 0.412. The third-order valence-electron chi connectivity index (χ3n) is 3.54. The lowest BCUT2D eigenvalue weighted by Gasteiger charge is -2.11. The van der Waals surface area contributed by atoms with Gasteiger partial charge in [-0.15, -0.1) is 0 Å². The summed E-state index contributed by atoms with van der Waals surface area (Å²) >= 11 is 0. The second-order valence-electron chi connectivity index (χ2n) is 5.27. The second kappa shape index (κ2) is 7.27. The summed E-state index contributed by atoms with van der Waals surface area (Å²) in [5.41, 5.74) is 3.53. The van der Waals surface area contributed by atoms with Crippen molar-refractivity contribution in [1.29, 1.82) is 0 Å². The van der Waals surface area contributed by atoms with E-state index >= 15 is 0 Å². The average Bonchev–Trinajstić information content (AvgIpc) is 2.94. The van der Waals surface area contributed by atoms with Gasteiger partial charge in [-0.1, -0.05) is 31.2 Å². The van der Waals surface area contributed by atoms with Crippen LogP contribution in [0.2, 0.25) is 0 Å². The molecule has 0 amide bonds. The van der Waals surface area contributed by atoms with E-state index in [0.717, 1.165) is 25.1 Å². The first-order valence-corrected chi connectivity index (χ1v) is 7.30. The van der Waals surface area contributed by atoms with Crippen molar-refractivity contribution in [2.24, 2.45) is 0 Å².